The Kier molecular flexibility index (Phi) is 8.37. The predicted octanol–water partition coefficient (Wildman–Crippen LogP) is 4.40. The molecular weight excluding hydrogens is 455 g/mol. The highest BCUT2D eigenvalue weighted by Crippen LogP contribution is 2.29. The number of benzene rings is 2. The summed E-state index contributed by atoms with van der Waals surface area (Å²) < 4.78 is 11.8. The predicted molar refractivity (Wildman–Crippen MR) is 124 cm³/mol. The average molecular weight is 481 g/mol. The van der Waals surface area contributed by atoms with Gasteiger partial charge in [-0.15, -0.1) is 0 Å². The first kappa shape index (κ1) is 24.3. The Morgan fingerprint density at radius 3 is 2.66 bits per heavy atom. The summed E-state index contributed by atoms with van der Waals surface area (Å²) in [5, 5.41) is 14.1. The molecule has 0 spiro atoms. The van der Waals surface area contributed by atoms with Crippen LogP contribution in [-0.4, -0.2) is 53.7 Å². The molecule has 1 aliphatic heterocycles. The molecule has 1 aliphatic rings. The second-order valence-corrected chi connectivity index (χ2v) is 8.51. The molecule has 2 aromatic rings. The van der Waals surface area contributed by atoms with Crippen molar-refractivity contribution in [1.82, 2.24) is 4.90 Å². The number of aliphatic hydroxyl groups is 1. The number of likely N-dealkylation sites (tertiary alicyclic amines) is 1. The quantitative estimate of drug-likeness (QED) is 0.517. The molecule has 1 fully saturated rings. The largest absolute Gasteiger partial charge is 0.489 e. The summed E-state index contributed by atoms with van der Waals surface area (Å²) in [5.74, 6) is 0.600. The van der Waals surface area contributed by atoms with Crippen LogP contribution in [0.15, 0.2) is 36.4 Å². The van der Waals surface area contributed by atoms with Crippen molar-refractivity contribution in [3.8, 4) is 11.5 Å². The van der Waals surface area contributed by atoms with Crippen LogP contribution in [0.5, 0.6) is 11.5 Å². The molecule has 2 atom stereocenters. The fourth-order valence-electron chi connectivity index (χ4n) is 3.52. The van der Waals surface area contributed by atoms with Crippen molar-refractivity contribution in [3.63, 3.8) is 0 Å². The molecule has 0 aliphatic carbocycles. The van der Waals surface area contributed by atoms with Gasteiger partial charge in [0.2, 0.25) is 5.91 Å². The Morgan fingerprint density at radius 2 is 1.97 bits per heavy atom. The Labute approximate surface area is 197 Å². The van der Waals surface area contributed by atoms with E-state index in [0.717, 1.165) is 19.4 Å². The van der Waals surface area contributed by atoms with Crippen molar-refractivity contribution >= 4 is 40.6 Å². The second kappa shape index (κ2) is 11.0. The Balaban J connectivity index is 1.59. The van der Waals surface area contributed by atoms with Gasteiger partial charge in [-0.1, -0.05) is 23.2 Å². The number of carbonyl (C=O) groups is 2. The van der Waals surface area contributed by atoms with Crippen LogP contribution >= 0.6 is 23.2 Å². The van der Waals surface area contributed by atoms with Crippen LogP contribution in [0.4, 0.5) is 5.69 Å². The average Bonchev–Trinajstić information content (AvgIpc) is 3.15. The van der Waals surface area contributed by atoms with Gasteiger partial charge in [0.15, 0.2) is 12.0 Å². The molecule has 0 aromatic heterocycles. The summed E-state index contributed by atoms with van der Waals surface area (Å²) in [6, 6.07) is 9.92. The maximum absolute atomic E-state index is 11.6. The van der Waals surface area contributed by atoms with Gasteiger partial charge in [-0.3, -0.25) is 14.5 Å². The number of nitrogens with one attached hydrogen (secondary N) is 1. The maximum atomic E-state index is 11.6. The second-order valence-electron chi connectivity index (χ2n) is 7.70. The first-order chi connectivity index (χ1) is 15.2. The van der Waals surface area contributed by atoms with E-state index in [1.54, 1.807) is 36.4 Å². The standard InChI is InChI=1S/C23H26Cl2N2O5/c1-14(28)16-5-8-22(21(10-16)26-15(2)29)31-13-17(30)12-27-9-3-4-23(27)32-18-6-7-19(24)20(25)11-18/h5-8,10-11,17,23,30H,3-4,9,12-13H2,1-2H3,(H,26,29). The topological polar surface area (TPSA) is 88.1 Å². The number of hydrogen-bond acceptors (Lipinski definition) is 6. The van der Waals surface area contributed by atoms with Gasteiger partial charge >= 0.3 is 0 Å². The fraction of sp³-hybridized carbons (Fsp3) is 0.391. The number of aliphatic hydroxyl groups excluding tert-OH is 1. The van der Waals surface area contributed by atoms with E-state index in [2.05, 4.69) is 5.32 Å². The highest BCUT2D eigenvalue weighted by molar-refractivity contribution is 6.42. The van der Waals surface area contributed by atoms with Crippen molar-refractivity contribution in [2.45, 2.75) is 39.0 Å². The number of nitrogens with zero attached hydrogens (tertiary/aromatic N) is 1. The SMILES string of the molecule is CC(=O)Nc1cc(C(C)=O)ccc1OCC(O)CN1CCCC1Oc1ccc(Cl)c(Cl)c1. The molecule has 1 heterocycles. The lowest BCUT2D eigenvalue weighted by Gasteiger charge is -2.27. The number of halogens is 2. The van der Waals surface area contributed by atoms with Gasteiger partial charge in [0.1, 0.15) is 24.2 Å². The molecule has 0 bridgehead atoms. The molecular formula is C23H26Cl2N2O5. The molecule has 1 saturated heterocycles. The molecule has 9 heteroatoms. The van der Waals surface area contributed by atoms with Crippen molar-refractivity contribution in [2.24, 2.45) is 0 Å². The van der Waals surface area contributed by atoms with Gasteiger partial charge in [-0.25, -0.2) is 0 Å². The highest BCUT2D eigenvalue weighted by Gasteiger charge is 2.28. The van der Waals surface area contributed by atoms with Crippen molar-refractivity contribution in [3.05, 3.63) is 52.0 Å². The van der Waals surface area contributed by atoms with Crippen LogP contribution in [0.25, 0.3) is 0 Å². The number of hydrogen-bond donors (Lipinski definition) is 2. The lowest BCUT2D eigenvalue weighted by Crippen LogP contribution is -2.41. The van der Waals surface area contributed by atoms with Crippen LogP contribution in [0.2, 0.25) is 10.0 Å². The molecule has 7 nitrogen and oxygen atoms in total. The van der Waals surface area contributed by atoms with E-state index in [4.69, 9.17) is 32.7 Å². The first-order valence-electron chi connectivity index (χ1n) is 10.3. The van der Waals surface area contributed by atoms with E-state index in [1.165, 1.54) is 13.8 Å². The van der Waals surface area contributed by atoms with E-state index in [9.17, 15) is 14.7 Å². The summed E-state index contributed by atoms with van der Waals surface area (Å²) in [5.41, 5.74) is 0.848. The Morgan fingerprint density at radius 1 is 1.19 bits per heavy atom. The van der Waals surface area contributed by atoms with Crippen molar-refractivity contribution < 1.29 is 24.2 Å². The Bertz CT molecular complexity index is 985. The fourth-order valence-corrected chi connectivity index (χ4v) is 3.80. The molecule has 3 rings (SSSR count). The van der Waals surface area contributed by atoms with E-state index in [0.29, 0.717) is 39.3 Å². The number of ether oxygens (including phenoxy) is 2. The minimum absolute atomic E-state index is 0.0159. The van der Waals surface area contributed by atoms with Crippen LogP contribution in [0.1, 0.15) is 37.0 Å². The van der Waals surface area contributed by atoms with Gasteiger partial charge in [0, 0.05) is 31.6 Å². The zero-order chi connectivity index (χ0) is 23.3. The normalized spacial score (nSPS) is 17.1. The number of amides is 1. The van der Waals surface area contributed by atoms with Gasteiger partial charge < -0.3 is 19.9 Å². The number of rotatable bonds is 9. The molecule has 2 aromatic carbocycles. The van der Waals surface area contributed by atoms with Crippen molar-refractivity contribution in [2.75, 3.05) is 25.0 Å². The number of β-amino-alcohol motifs (C(OH)–C–C–N with tert-alkyl or cyclic N) is 1. The van der Waals surface area contributed by atoms with Crippen LogP contribution in [0.3, 0.4) is 0 Å². The molecule has 0 radical (unpaired) electrons. The summed E-state index contributed by atoms with van der Waals surface area (Å²) in [4.78, 5) is 25.2. The van der Waals surface area contributed by atoms with E-state index in [-0.39, 0.29) is 24.5 Å². The first-order valence-corrected chi connectivity index (χ1v) is 11.1. The molecule has 32 heavy (non-hydrogen) atoms. The number of ketones is 1. The molecule has 0 saturated carbocycles. The van der Waals surface area contributed by atoms with Crippen LogP contribution in [0, 0.1) is 0 Å². The Hall–Kier alpha value is -2.32. The monoisotopic (exact) mass is 480 g/mol. The summed E-state index contributed by atoms with van der Waals surface area (Å²) in [6.07, 6.45) is 0.795. The number of anilines is 1. The van der Waals surface area contributed by atoms with Crippen LogP contribution < -0.4 is 14.8 Å². The lowest BCUT2D eigenvalue weighted by atomic mass is 10.1. The summed E-state index contributed by atoms with van der Waals surface area (Å²) >= 11 is 12.0. The van der Waals surface area contributed by atoms with Gasteiger partial charge in [0.25, 0.3) is 0 Å². The van der Waals surface area contributed by atoms with E-state index in [1.807, 2.05) is 4.90 Å². The van der Waals surface area contributed by atoms with Crippen molar-refractivity contribution in [1.29, 1.82) is 0 Å². The maximum Gasteiger partial charge on any atom is 0.221 e. The van der Waals surface area contributed by atoms with E-state index < -0.39 is 6.10 Å². The minimum Gasteiger partial charge on any atom is -0.489 e. The molecule has 2 unspecified atom stereocenters. The lowest BCUT2D eigenvalue weighted by molar-refractivity contribution is -0.114. The summed E-state index contributed by atoms with van der Waals surface area (Å²) in [7, 11) is 0. The minimum atomic E-state index is -0.786. The third-order valence-electron chi connectivity index (χ3n) is 5.04. The zero-order valence-corrected chi connectivity index (χ0v) is 19.4. The third kappa shape index (κ3) is 6.59. The zero-order valence-electron chi connectivity index (χ0n) is 17.9. The molecule has 2 N–H and O–H groups in total. The van der Waals surface area contributed by atoms with E-state index >= 15 is 0 Å². The molecule has 172 valence electrons. The molecule has 1 amide bonds. The van der Waals surface area contributed by atoms with Gasteiger partial charge in [0.05, 0.1) is 15.7 Å². The number of Topliss-reactive ketones (excluding diaryl/α,β-unsaturated/α-hetero) is 1. The third-order valence-corrected chi connectivity index (χ3v) is 5.78. The van der Waals surface area contributed by atoms with Crippen LogP contribution in [-0.2, 0) is 4.79 Å². The van der Waals surface area contributed by atoms with Gasteiger partial charge in [-0.2, -0.15) is 0 Å². The number of carbonyl (C=O) groups excluding carboxylic acids is 2. The highest BCUT2D eigenvalue weighted by atomic mass is 35.5. The van der Waals surface area contributed by atoms with Gasteiger partial charge in [-0.05, 0) is 50.1 Å². The summed E-state index contributed by atoms with van der Waals surface area (Å²) in [6.45, 7) is 3.98. The smallest absolute Gasteiger partial charge is 0.221 e.